The van der Waals surface area contributed by atoms with Gasteiger partial charge in [-0.15, -0.1) is 11.3 Å². The molecule has 0 bridgehead atoms. The Labute approximate surface area is 170 Å². The van der Waals surface area contributed by atoms with Crippen LogP contribution in [0.15, 0.2) is 42.5 Å². The second-order valence-corrected chi connectivity index (χ2v) is 8.60. The molecule has 0 aliphatic carbocycles. The van der Waals surface area contributed by atoms with Crippen molar-refractivity contribution in [1.82, 2.24) is 9.88 Å². The van der Waals surface area contributed by atoms with Crippen molar-refractivity contribution < 1.29 is 4.79 Å². The normalized spacial score (nSPS) is 14.2. The number of likely N-dealkylation sites (N-methyl/N-ethyl adjacent to an activating group) is 1. The maximum atomic E-state index is 12.5. The fourth-order valence-electron chi connectivity index (χ4n) is 3.67. The standard InChI is InChI=1S/C22H26N4OS/c1-16-13-17(26-11-5-6-12-26)9-10-18(16)23-21(27)14-25(2)15-22-24-19-7-3-4-8-20(19)28-22/h3-4,7-10,13H,5-6,11-12,14-15H2,1-2H3,(H,23,27). The van der Waals surface area contributed by atoms with E-state index in [2.05, 4.69) is 40.3 Å². The van der Waals surface area contributed by atoms with Gasteiger partial charge in [-0.1, -0.05) is 12.1 Å². The van der Waals surface area contributed by atoms with Gasteiger partial charge in [0, 0.05) is 24.5 Å². The Morgan fingerprint density at radius 1 is 1.21 bits per heavy atom. The van der Waals surface area contributed by atoms with Gasteiger partial charge in [-0.05, 0) is 62.7 Å². The average molecular weight is 395 g/mol. The number of nitrogens with zero attached hydrogens (tertiary/aromatic N) is 3. The third-order valence-electron chi connectivity index (χ3n) is 5.11. The fraction of sp³-hybridized carbons (Fsp3) is 0.364. The van der Waals surface area contributed by atoms with Gasteiger partial charge < -0.3 is 10.2 Å². The SMILES string of the molecule is Cc1cc(N2CCCC2)ccc1NC(=O)CN(C)Cc1nc2ccccc2s1. The molecule has 1 amide bonds. The topological polar surface area (TPSA) is 48.5 Å². The number of para-hydroxylation sites is 1. The molecule has 5 nitrogen and oxygen atoms in total. The number of thiazole rings is 1. The van der Waals surface area contributed by atoms with Crippen molar-refractivity contribution in [3.63, 3.8) is 0 Å². The van der Waals surface area contributed by atoms with Gasteiger partial charge in [-0.3, -0.25) is 9.69 Å². The van der Waals surface area contributed by atoms with Crippen LogP contribution < -0.4 is 10.2 Å². The number of nitrogens with one attached hydrogen (secondary N) is 1. The van der Waals surface area contributed by atoms with Crippen LogP contribution in [0.4, 0.5) is 11.4 Å². The average Bonchev–Trinajstić information content (AvgIpc) is 3.32. The molecule has 0 atom stereocenters. The molecule has 2 heterocycles. The van der Waals surface area contributed by atoms with Crippen LogP contribution in [0.3, 0.4) is 0 Å². The molecule has 1 aromatic heterocycles. The molecule has 3 aromatic rings. The van der Waals surface area contributed by atoms with Gasteiger partial charge in [0.1, 0.15) is 5.01 Å². The van der Waals surface area contributed by atoms with Gasteiger partial charge >= 0.3 is 0 Å². The maximum Gasteiger partial charge on any atom is 0.238 e. The Morgan fingerprint density at radius 3 is 2.75 bits per heavy atom. The van der Waals surface area contributed by atoms with E-state index in [1.54, 1.807) is 11.3 Å². The van der Waals surface area contributed by atoms with Crippen LogP contribution in [0.1, 0.15) is 23.4 Å². The maximum absolute atomic E-state index is 12.5. The number of anilines is 2. The first-order valence-corrected chi connectivity index (χ1v) is 10.6. The summed E-state index contributed by atoms with van der Waals surface area (Å²) in [6.07, 6.45) is 2.52. The van der Waals surface area contributed by atoms with E-state index in [1.807, 2.05) is 36.2 Å². The first-order valence-electron chi connectivity index (χ1n) is 9.77. The lowest BCUT2D eigenvalue weighted by molar-refractivity contribution is -0.117. The van der Waals surface area contributed by atoms with Gasteiger partial charge in [0.25, 0.3) is 0 Å². The molecule has 6 heteroatoms. The lowest BCUT2D eigenvalue weighted by Crippen LogP contribution is -2.30. The summed E-state index contributed by atoms with van der Waals surface area (Å²) >= 11 is 1.68. The van der Waals surface area contributed by atoms with Crippen LogP contribution >= 0.6 is 11.3 Å². The van der Waals surface area contributed by atoms with Crippen LogP contribution in [-0.2, 0) is 11.3 Å². The van der Waals surface area contributed by atoms with E-state index in [1.165, 1.54) is 23.2 Å². The molecule has 0 radical (unpaired) electrons. The van der Waals surface area contributed by atoms with Crippen LogP contribution in [0.25, 0.3) is 10.2 Å². The van der Waals surface area contributed by atoms with Crippen LogP contribution in [-0.4, -0.2) is 42.5 Å². The highest BCUT2D eigenvalue weighted by molar-refractivity contribution is 7.18. The van der Waals surface area contributed by atoms with Crippen molar-refractivity contribution in [3.05, 3.63) is 53.0 Å². The molecular weight excluding hydrogens is 368 g/mol. The number of carbonyl (C=O) groups excluding carboxylic acids is 1. The van der Waals surface area contributed by atoms with Crippen LogP contribution in [0.5, 0.6) is 0 Å². The van der Waals surface area contributed by atoms with Crippen LogP contribution in [0, 0.1) is 6.92 Å². The molecule has 1 aliphatic rings. The first kappa shape index (κ1) is 18.9. The zero-order valence-corrected chi connectivity index (χ0v) is 17.3. The number of rotatable bonds is 6. The summed E-state index contributed by atoms with van der Waals surface area (Å²) < 4.78 is 1.18. The molecule has 2 aromatic carbocycles. The smallest absolute Gasteiger partial charge is 0.238 e. The quantitative estimate of drug-likeness (QED) is 0.678. The Bertz CT molecular complexity index is 945. The monoisotopic (exact) mass is 394 g/mol. The lowest BCUT2D eigenvalue weighted by atomic mass is 10.1. The Kier molecular flexibility index (Phi) is 5.59. The van der Waals surface area contributed by atoms with E-state index >= 15 is 0 Å². The van der Waals surface area contributed by atoms with Gasteiger partial charge in [0.2, 0.25) is 5.91 Å². The summed E-state index contributed by atoms with van der Waals surface area (Å²) in [4.78, 5) is 21.6. The molecule has 1 fully saturated rings. The van der Waals surface area contributed by atoms with E-state index in [-0.39, 0.29) is 5.91 Å². The minimum absolute atomic E-state index is 0.000587. The van der Waals surface area contributed by atoms with E-state index < -0.39 is 0 Å². The lowest BCUT2D eigenvalue weighted by Gasteiger charge is -2.20. The van der Waals surface area contributed by atoms with Crippen molar-refractivity contribution in [1.29, 1.82) is 0 Å². The van der Waals surface area contributed by atoms with Gasteiger partial charge in [0.05, 0.1) is 23.3 Å². The highest BCUT2D eigenvalue weighted by Gasteiger charge is 2.15. The number of hydrogen-bond donors (Lipinski definition) is 1. The second kappa shape index (κ2) is 8.29. The minimum atomic E-state index is 0.000587. The molecule has 1 aliphatic heterocycles. The molecule has 1 saturated heterocycles. The van der Waals surface area contributed by atoms with Crippen molar-refractivity contribution in [2.24, 2.45) is 0 Å². The summed E-state index contributed by atoms with van der Waals surface area (Å²) in [6, 6.07) is 14.4. The van der Waals surface area contributed by atoms with E-state index in [4.69, 9.17) is 0 Å². The zero-order chi connectivity index (χ0) is 19.5. The molecule has 28 heavy (non-hydrogen) atoms. The third-order valence-corrected chi connectivity index (χ3v) is 6.13. The Morgan fingerprint density at radius 2 is 2.00 bits per heavy atom. The number of aryl methyl sites for hydroxylation is 1. The number of fused-ring (bicyclic) bond motifs is 1. The van der Waals surface area contributed by atoms with Gasteiger partial charge in [0.15, 0.2) is 0 Å². The summed E-state index contributed by atoms with van der Waals surface area (Å²) in [7, 11) is 1.95. The Hall–Kier alpha value is -2.44. The Balaban J connectivity index is 1.34. The summed E-state index contributed by atoms with van der Waals surface area (Å²) in [5.41, 5.74) is 4.27. The molecule has 1 N–H and O–H groups in total. The molecule has 0 saturated carbocycles. The zero-order valence-electron chi connectivity index (χ0n) is 16.4. The van der Waals surface area contributed by atoms with Gasteiger partial charge in [-0.25, -0.2) is 4.98 Å². The number of carbonyl (C=O) groups is 1. The predicted octanol–water partition coefficient (Wildman–Crippen LogP) is 4.28. The minimum Gasteiger partial charge on any atom is -0.372 e. The summed E-state index contributed by atoms with van der Waals surface area (Å²) in [5.74, 6) is 0.000587. The highest BCUT2D eigenvalue weighted by Crippen LogP contribution is 2.26. The number of aromatic nitrogens is 1. The third kappa shape index (κ3) is 4.34. The summed E-state index contributed by atoms with van der Waals surface area (Å²) in [6.45, 7) is 5.31. The largest absolute Gasteiger partial charge is 0.372 e. The van der Waals surface area contributed by atoms with Crippen molar-refractivity contribution in [2.45, 2.75) is 26.3 Å². The highest BCUT2D eigenvalue weighted by atomic mass is 32.1. The van der Waals surface area contributed by atoms with Crippen LogP contribution in [0.2, 0.25) is 0 Å². The number of hydrogen-bond acceptors (Lipinski definition) is 5. The molecule has 146 valence electrons. The van der Waals surface area contributed by atoms with Crippen molar-refractivity contribution in [3.8, 4) is 0 Å². The van der Waals surface area contributed by atoms with E-state index in [9.17, 15) is 4.79 Å². The summed E-state index contributed by atoms with van der Waals surface area (Å²) in [5, 5.41) is 4.09. The number of amides is 1. The number of benzene rings is 2. The van der Waals surface area contributed by atoms with Crippen molar-refractivity contribution >= 4 is 38.8 Å². The van der Waals surface area contributed by atoms with Crippen molar-refractivity contribution in [2.75, 3.05) is 36.9 Å². The van der Waals surface area contributed by atoms with E-state index in [0.717, 1.165) is 34.9 Å². The molecule has 0 spiro atoms. The second-order valence-electron chi connectivity index (χ2n) is 7.49. The van der Waals surface area contributed by atoms with Gasteiger partial charge in [-0.2, -0.15) is 0 Å². The predicted molar refractivity (Wildman–Crippen MR) is 117 cm³/mol. The molecule has 4 rings (SSSR count). The first-order chi connectivity index (χ1) is 13.6. The molecule has 0 unspecified atom stereocenters. The fourth-order valence-corrected chi connectivity index (χ4v) is 4.72. The molecular formula is C22H26N4OS. The van der Waals surface area contributed by atoms with E-state index in [0.29, 0.717) is 13.1 Å².